The molecule has 35 heavy (non-hydrogen) atoms. The van der Waals surface area contributed by atoms with Crippen LogP contribution in [0.1, 0.15) is 26.3 Å². The molecule has 0 radical (unpaired) electrons. The van der Waals surface area contributed by atoms with E-state index in [1.807, 2.05) is 54.3 Å². The first kappa shape index (κ1) is 23.1. The molecule has 0 bridgehead atoms. The van der Waals surface area contributed by atoms with Gasteiger partial charge in [0, 0.05) is 61.4 Å². The van der Waals surface area contributed by atoms with Crippen molar-refractivity contribution in [3.63, 3.8) is 0 Å². The normalized spacial score (nSPS) is 14.9. The van der Waals surface area contributed by atoms with Gasteiger partial charge in [0.1, 0.15) is 5.75 Å². The van der Waals surface area contributed by atoms with Crippen LogP contribution in [0.3, 0.4) is 0 Å². The van der Waals surface area contributed by atoms with E-state index in [2.05, 4.69) is 58.1 Å². The largest absolute Gasteiger partial charge is 0.494 e. The first-order valence-electron chi connectivity index (χ1n) is 12.0. The molecule has 3 aromatic heterocycles. The number of piperazine rings is 1. The maximum absolute atomic E-state index is 5.74. The molecule has 1 N–H and O–H groups in total. The summed E-state index contributed by atoms with van der Waals surface area (Å²) in [6.07, 6.45) is 5.62. The second-order valence-electron chi connectivity index (χ2n) is 9.97. The molecule has 0 aliphatic carbocycles. The highest BCUT2D eigenvalue weighted by Gasteiger charge is 2.26. The quantitative estimate of drug-likeness (QED) is 0.449. The molecule has 182 valence electrons. The number of aromatic nitrogens is 4. The lowest BCUT2D eigenvalue weighted by molar-refractivity contribution is 0.128. The zero-order chi connectivity index (χ0) is 24.6. The van der Waals surface area contributed by atoms with E-state index in [0.717, 1.165) is 65.6 Å². The van der Waals surface area contributed by atoms with Gasteiger partial charge in [0.15, 0.2) is 0 Å². The molecule has 1 fully saturated rings. The van der Waals surface area contributed by atoms with E-state index in [1.165, 1.54) is 0 Å². The summed E-state index contributed by atoms with van der Waals surface area (Å²) in [6.45, 7) is 12.9. The van der Waals surface area contributed by atoms with Gasteiger partial charge in [-0.05, 0) is 57.5 Å². The van der Waals surface area contributed by atoms with Gasteiger partial charge in [-0.15, -0.1) is 0 Å². The van der Waals surface area contributed by atoms with Gasteiger partial charge in [-0.3, -0.25) is 4.90 Å². The third-order valence-electron chi connectivity index (χ3n) is 6.68. The van der Waals surface area contributed by atoms with Crippen LogP contribution in [0.15, 0.2) is 55.0 Å². The van der Waals surface area contributed by atoms with Crippen LogP contribution in [-0.2, 0) is 0 Å². The Morgan fingerprint density at radius 3 is 2.54 bits per heavy atom. The number of anilines is 3. The number of rotatable bonds is 5. The summed E-state index contributed by atoms with van der Waals surface area (Å²) in [5.41, 5.74) is 6.03. The number of pyridine rings is 1. The van der Waals surface area contributed by atoms with E-state index in [9.17, 15) is 0 Å². The van der Waals surface area contributed by atoms with Crippen LogP contribution >= 0.6 is 0 Å². The molecule has 1 saturated heterocycles. The first-order valence-corrected chi connectivity index (χ1v) is 12.0. The number of nitrogens with zero attached hydrogens (tertiary/aromatic N) is 6. The first-order chi connectivity index (χ1) is 16.8. The summed E-state index contributed by atoms with van der Waals surface area (Å²) in [4.78, 5) is 14.3. The minimum Gasteiger partial charge on any atom is -0.494 e. The summed E-state index contributed by atoms with van der Waals surface area (Å²) in [7, 11) is 1.70. The summed E-state index contributed by atoms with van der Waals surface area (Å²) in [5.74, 6) is 1.29. The Kier molecular flexibility index (Phi) is 6.06. The molecule has 8 nitrogen and oxygen atoms in total. The molecule has 1 aliphatic heterocycles. The Bertz CT molecular complexity index is 1330. The van der Waals surface area contributed by atoms with Gasteiger partial charge < -0.3 is 15.0 Å². The SMILES string of the molecule is COc1cc(N2CCN(C(C)(C)C)CC2)ccc1Nc1ncc(C)c(-c2cnn3ccccc23)n1. The zero-order valence-corrected chi connectivity index (χ0v) is 21.1. The van der Waals surface area contributed by atoms with Gasteiger partial charge >= 0.3 is 0 Å². The fourth-order valence-corrected chi connectivity index (χ4v) is 4.63. The Balaban J connectivity index is 1.37. The predicted molar refractivity (Wildman–Crippen MR) is 141 cm³/mol. The molecule has 4 aromatic rings. The topological polar surface area (TPSA) is 70.8 Å². The minimum absolute atomic E-state index is 0.202. The van der Waals surface area contributed by atoms with Crippen molar-refractivity contribution in [3.05, 3.63) is 60.6 Å². The van der Waals surface area contributed by atoms with E-state index in [0.29, 0.717) is 5.95 Å². The van der Waals surface area contributed by atoms with E-state index >= 15 is 0 Å². The predicted octanol–water partition coefficient (Wildman–Crippen LogP) is 4.77. The van der Waals surface area contributed by atoms with Crippen molar-refractivity contribution in [1.82, 2.24) is 24.5 Å². The van der Waals surface area contributed by atoms with Crippen molar-refractivity contribution in [1.29, 1.82) is 0 Å². The molecule has 0 atom stereocenters. The third kappa shape index (κ3) is 4.66. The number of benzene rings is 1. The van der Waals surface area contributed by atoms with Crippen molar-refractivity contribution in [2.75, 3.05) is 43.5 Å². The molecular weight excluding hydrogens is 438 g/mol. The summed E-state index contributed by atoms with van der Waals surface area (Å²) < 4.78 is 7.59. The highest BCUT2D eigenvalue weighted by atomic mass is 16.5. The van der Waals surface area contributed by atoms with Gasteiger partial charge in [-0.1, -0.05) is 6.07 Å². The molecule has 0 spiro atoms. The number of methoxy groups -OCH3 is 1. The third-order valence-corrected chi connectivity index (χ3v) is 6.68. The molecule has 1 aromatic carbocycles. The van der Waals surface area contributed by atoms with Crippen molar-refractivity contribution >= 4 is 22.8 Å². The van der Waals surface area contributed by atoms with Gasteiger partial charge in [-0.25, -0.2) is 14.5 Å². The van der Waals surface area contributed by atoms with Crippen LogP contribution in [0.25, 0.3) is 16.8 Å². The lowest BCUT2D eigenvalue weighted by atomic mass is 10.0. The van der Waals surface area contributed by atoms with E-state index in [4.69, 9.17) is 9.72 Å². The molecule has 1 aliphatic rings. The maximum Gasteiger partial charge on any atom is 0.227 e. The van der Waals surface area contributed by atoms with Crippen LogP contribution in [0, 0.1) is 6.92 Å². The average Bonchev–Trinajstić information content (AvgIpc) is 3.29. The molecule has 0 saturated carbocycles. The van der Waals surface area contributed by atoms with Gasteiger partial charge in [0.05, 0.1) is 30.2 Å². The van der Waals surface area contributed by atoms with Gasteiger partial charge in [-0.2, -0.15) is 5.10 Å². The lowest BCUT2D eigenvalue weighted by Gasteiger charge is -2.43. The standard InChI is InChI=1S/C27H33N7O/c1-19-17-28-26(31-25(19)21-18-29-34-11-7-6-8-23(21)34)30-22-10-9-20(16-24(22)35-5)32-12-14-33(15-13-32)27(2,3)4/h6-11,16-18H,12-15H2,1-5H3,(H,28,30,31). The molecule has 8 heteroatoms. The van der Waals surface area contributed by atoms with E-state index in [-0.39, 0.29) is 5.54 Å². The fourth-order valence-electron chi connectivity index (χ4n) is 4.63. The fraction of sp³-hybridized carbons (Fsp3) is 0.370. The second kappa shape index (κ2) is 9.19. The number of hydrogen-bond acceptors (Lipinski definition) is 7. The van der Waals surface area contributed by atoms with Crippen molar-refractivity contribution in [3.8, 4) is 17.0 Å². The lowest BCUT2D eigenvalue weighted by Crippen LogP contribution is -2.53. The summed E-state index contributed by atoms with van der Waals surface area (Å²) in [5, 5.41) is 7.81. The Morgan fingerprint density at radius 1 is 1.00 bits per heavy atom. The molecule has 0 amide bonds. The summed E-state index contributed by atoms with van der Waals surface area (Å²) >= 11 is 0. The van der Waals surface area contributed by atoms with Crippen LogP contribution < -0.4 is 15.0 Å². The molecular formula is C27H33N7O. The molecule has 4 heterocycles. The highest BCUT2D eigenvalue weighted by molar-refractivity contribution is 5.80. The summed E-state index contributed by atoms with van der Waals surface area (Å²) in [6, 6.07) is 12.3. The van der Waals surface area contributed by atoms with Crippen LogP contribution in [0.2, 0.25) is 0 Å². The van der Waals surface area contributed by atoms with Crippen molar-refractivity contribution < 1.29 is 4.74 Å². The number of ether oxygens (including phenoxy) is 1. The monoisotopic (exact) mass is 471 g/mol. The zero-order valence-electron chi connectivity index (χ0n) is 21.1. The number of fused-ring (bicyclic) bond motifs is 1. The Labute approximate surface area is 206 Å². The Hall–Kier alpha value is -3.65. The van der Waals surface area contributed by atoms with E-state index < -0.39 is 0 Å². The van der Waals surface area contributed by atoms with Crippen LogP contribution in [0.5, 0.6) is 5.75 Å². The van der Waals surface area contributed by atoms with Gasteiger partial charge in [0.2, 0.25) is 5.95 Å². The number of nitrogens with one attached hydrogen (secondary N) is 1. The minimum atomic E-state index is 0.202. The van der Waals surface area contributed by atoms with Crippen LogP contribution in [-0.4, -0.2) is 63.3 Å². The van der Waals surface area contributed by atoms with Gasteiger partial charge in [0.25, 0.3) is 0 Å². The molecule has 0 unspecified atom stereocenters. The highest BCUT2D eigenvalue weighted by Crippen LogP contribution is 2.33. The number of hydrogen-bond donors (Lipinski definition) is 1. The Morgan fingerprint density at radius 2 is 1.80 bits per heavy atom. The second-order valence-corrected chi connectivity index (χ2v) is 9.97. The van der Waals surface area contributed by atoms with E-state index in [1.54, 1.807) is 7.11 Å². The maximum atomic E-state index is 5.74. The smallest absolute Gasteiger partial charge is 0.227 e. The van der Waals surface area contributed by atoms with Crippen molar-refractivity contribution in [2.45, 2.75) is 33.2 Å². The number of aryl methyl sites for hydroxylation is 1. The average molecular weight is 472 g/mol. The van der Waals surface area contributed by atoms with Crippen molar-refractivity contribution in [2.24, 2.45) is 0 Å². The molecule has 5 rings (SSSR count). The van der Waals surface area contributed by atoms with Crippen LogP contribution in [0.4, 0.5) is 17.3 Å².